The van der Waals surface area contributed by atoms with Gasteiger partial charge in [0.05, 0.1) is 18.1 Å². The van der Waals surface area contributed by atoms with Crippen molar-refractivity contribution in [2.75, 3.05) is 24.7 Å². The molecule has 5 nitrogen and oxygen atoms in total. The van der Waals surface area contributed by atoms with E-state index in [1.54, 1.807) is 6.92 Å². The van der Waals surface area contributed by atoms with Gasteiger partial charge in [0.25, 0.3) is 0 Å². The number of rotatable bonds is 2. The molecular formula is C9H15NO4S. The number of carbonyl (C=O) groups excluding carboxylic acids is 1. The maximum absolute atomic E-state index is 11.4. The topological polar surface area (TPSA) is 72.5 Å². The van der Waals surface area contributed by atoms with Crippen molar-refractivity contribution in [2.24, 2.45) is 0 Å². The Balaban J connectivity index is 2.72. The molecule has 0 aromatic heterocycles. The Morgan fingerprint density at radius 2 is 2.33 bits per heavy atom. The van der Waals surface area contributed by atoms with Crippen LogP contribution in [0.3, 0.4) is 0 Å². The summed E-state index contributed by atoms with van der Waals surface area (Å²) in [6.07, 6.45) is 1.79. The fraction of sp³-hybridized carbons (Fsp3) is 0.667. The van der Waals surface area contributed by atoms with Gasteiger partial charge in [-0.3, -0.25) is 0 Å². The summed E-state index contributed by atoms with van der Waals surface area (Å²) < 4.78 is 27.5. The number of hydrogen-bond donors (Lipinski definition) is 1. The summed E-state index contributed by atoms with van der Waals surface area (Å²) in [5, 5.41) is 2.91. The van der Waals surface area contributed by atoms with Gasteiger partial charge in [0.15, 0.2) is 9.84 Å². The second-order valence-corrected chi connectivity index (χ2v) is 5.48. The molecule has 1 saturated heterocycles. The summed E-state index contributed by atoms with van der Waals surface area (Å²) in [4.78, 5) is 11.1. The first-order chi connectivity index (χ1) is 7.03. The molecule has 0 aromatic rings. The molecule has 1 heterocycles. The van der Waals surface area contributed by atoms with E-state index in [1.165, 1.54) is 6.08 Å². The molecule has 1 aliphatic heterocycles. The van der Waals surface area contributed by atoms with Crippen LogP contribution in [0.15, 0.2) is 11.8 Å². The molecule has 1 fully saturated rings. The third kappa shape index (κ3) is 4.33. The Bertz CT molecular complexity index is 358. The predicted molar refractivity (Wildman–Crippen MR) is 56.0 cm³/mol. The summed E-state index contributed by atoms with van der Waals surface area (Å²) in [5.41, 5.74) is 0.422. The van der Waals surface area contributed by atoms with Crippen molar-refractivity contribution < 1.29 is 17.9 Å². The lowest BCUT2D eigenvalue weighted by Crippen LogP contribution is -2.18. The lowest BCUT2D eigenvalue weighted by Gasteiger charge is -2.04. The zero-order chi connectivity index (χ0) is 11.3. The minimum atomic E-state index is -3.07. The first-order valence-electron chi connectivity index (χ1n) is 4.85. The number of nitrogens with one attached hydrogen (secondary N) is 1. The average Bonchev–Trinajstić information content (AvgIpc) is 2.26. The number of hydrogen-bond acceptors (Lipinski definition) is 5. The number of esters is 1. The molecule has 0 saturated carbocycles. The highest BCUT2D eigenvalue weighted by Crippen LogP contribution is 2.05. The fourth-order valence-corrected chi connectivity index (χ4v) is 2.71. The van der Waals surface area contributed by atoms with Crippen LogP contribution in [0.25, 0.3) is 0 Å². The van der Waals surface area contributed by atoms with E-state index in [1.807, 2.05) is 0 Å². The standard InChI is InChI=1S/C9H15NO4S/c1-2-14-9(11)6-8-7-15(12,13)5-3-4-10-8/h6,10H,2-5,7H2,1H3/b8-6+. The molecule has 1 N–H and O–H groups in total. The number of ether oxygens (including phenoxy) is 1. The Morgan fingerprint density at radius 1 is 1.60 bits per heavy atom. The number of sulfone groups is 1. The molecule has 15 heavy (non-hydrogen) atoms. The first kappa shape index (κ1) is 12.0. The van der Waals surface area contributed by atoms with Gasteiger partial charge in [-0.05, 0) is 13.3 Å². The smallest absolute Gasteiger partial charge is 0.332 e. The highest BCUT2D eigenvalue weighted by Gasteiger charge is 2.18. The summed E-state index contributed by atoms with van der Waals surface area (Å²) in [5.74, 6) is -0.441. The molecule has 0 aliphatic carbocycles. The second-order valence-electron chi connectivity index (χ2n) is 3.29. The minimum Gasteiger partial charge on any atom is -0.463 e. The maximum Gasteiger partial charge on any atom is 0.332 e. The van der Waals surface area contributed by atoms with Crippen molar-refractivity contribution in [3.63, 3.8) is 0 Å². The van der Waals surface area contributed by atoms with Gasteiger partial charge < -0.3 is 10.1 Å². The molecular weight excluding hydrogens is 218 g/mol. The summed E-state index contributed by atoms with van der Waals surface area (Å²) in [6.45, 7) is 2.56. The van der Waals surface area contributed by atoms with Crippen LogP contribution < -0.4 is 5.32 Å². The molecule has 0 amide bonds. The van der Waals surface area contributed by atoms with Crippen LogP contribution in [-0.2, 0) is 19.4 Å². The quantitative estimate of drug-likeness (QED) is 0.530. The normalized spacial score (nSPS) is 22.9. The van der Waals surface area contributed by atoms with Crippen molar-refractivity contribution in [1.29, 1.82) is 0 Å². The Hall–Kier alpha value is -1.04. The molecule has 0 spiro atoms. The van der Waals surface area contributed by atoms with Crippen LogP contribution in [0.4, 0.5) is 0 Å². The van der Waals surface area contributed by atoms with E-state index < -0.39 is 15.8 Å². The third-order valence-electron chi connectivity index (χ3n) is 1.94. The van der Waals surface area contributed by atoms with E-state index in [4.69, 9.17) is 4.74 Å². The second kappa shape index (κ2) is 5.16. The van der Waals surface area contributed by atoms with Gasteiger partial charge in [0, 0.05) is 18.3 Å². The average molecular weight is 233 g/mol. The third-order valence-corrected chi connectivity index (χ3v) is 3.60. The highest BCUT2D eigenvalue weighted by atomic mass is 32.2. The largest absolute Gasteiger partial charge is 0.463 e. The zero-order valence-electron chi connectivity index (χ0n) is 8.65. The molecule has 0 aromatic carbocycles. The monoisotopic (exact) mass is 233 g/mol. The van der Waals surface area contributed by atoms with Crippen molar-refractivity contribution in [2.45, 2.75) is 13.3 Å². The van der Waals surface area contributed by atoms with Crippen LogP contribution in [0.2, 0.25) is 0 Å². The fourth-order valence-electron chi connectivity index (χ4n) is 1.32. The Kier molecular flexibility index (Phi) is 4.14. The highest BCUT2D eigenvalue weighted by molar-refractivity contribution is 7.91. The molecule has 86 valence electrons. The van der Waals surface area contributed by atoms with Gasteiger partial charge in [-0.25, -0.2) is 13.2 Å². The van der Waals surface area contributed by atoms with Gasteiger partial charge in [-0.1, -0.05) is 0 Å². The van der Waals surface area contributed by atoms with Gasteiger partial charge >= 0.3 is 5.97 Å². The first-order valence-corrected chi connectivity index (χ1v) is 6.67. The van der Waals surface area contributed by atoms with Crippen LogP contribution in [0.1, 0.15) is 13.3 Å². The van der Waals surface area contributed by atoms with Crippen LogP contribution in [0.5, 0.6) is 0 Å². The molecule has 6 heteroatoms. The van der Waals surface area contributed by atoms with Crippen molar-refractivity contribution >= 4 is 15.8 Å². The summed E-state index contributed by atoms with van der Waals surface area (Å²) in [6, 6.07) is 0. The van der Waals surface area contributed by atoms with Crippen LogP contribution in [0, 0.1) is 0 Å². The predicted octanol–water partition coefficient (Wildman–Crippen LogP) is -0.159. The maximum atomic E-state index is 11.4. The SMILES string of the molecule is CCOC(=O)/C=C1\CS(=O)(=O)CCCN1. The molecule has 0 radical (unpaired) electrons. The van der Waals surface area contributed by atoms with E-state index in [9.17, 15) is 13.2 Å². The van der Waals surface area contributed by atoms with Crippen molar-refractivity contribution in [3.05, 3.63) is 11.8 Å². The van der Waals surface area contributed by atoms with E-state index in [0.717, 1.165) is 0 Å². The van der Waals surface area contributed by atoms with E-state index in [2.05, 4.69) is 5.32 Å². The van der Waals surface area contributed by atoms with Crippen LogP contribution in [-0.4, -0.2) is 39.0 Å². The molecule has 0 bridgehead atoms. The van der Waals surface area contributed by atoms with E-state index >= 15 is 0 Å². The van der Waals surface area contributed by atoms with Gasteiger partial charge in [-0.2, -0.15) is 0 Å². The zero-order valence-corrected chi connectivity index (χ0v) is 9.47. The molecule has 1 aliphatic rings. The van der Waals surface area contributed by atoms with Gasteiger partial charge in [-0.15, -0.1) is 0 Å². The van der Waals surface area contributed by atoms with Crippen molar-refractivity contribution in [1.82, 2.24) is 5.32 Å². The minimum absolute atomic E-state index is 0.105. The summed E-state index contributed by atoms with van der Waals surface area (Å²) >= 11 is 0. The van der Waals surface area contributed by atoms with Gasteiger partial charge in [0.2, 0.25) is 0 Å². The van der Waals surface area contributed by atoms with Gasteiger partial charge in [0.1, 0.15) is 0 Å². The summed E-state index contributed by atoms with van der Waals surface area (Å²) in [7, 11) is -3.07. The van der Waals surface area contributed by atoms with E-state index in [-0.39, 0.29) is 18.1 Å². The molecule has 1 rings (SSSR count). The lowest BCUT2D eigenvalue weighted by atomic mass is 10.4. The lowest BCUT2D eigenvalue weighted by molar-refractivity contribution is -0.137. The Labute approximate surface area is 89.4 Å². The van der Waals surface area contributed by atoms with Crippen molar-refractivity contribution in [3.8, 4) is 0 Å². The van der Waals surface area contributed by atoms with Crippen LogP contribution >= 0.6 is 0 Å². The molecule has 0 unspecified atom stereocenters. The van der Waals surface area contributed by atoms with E-state index in [0.29, 0.717) is 18.7 Å². The number of carbonyl (C=O) groups is 1. The molecule has 0 atom stereocenters. The Morgan fingerprint density at radius 3 is 3.00 bits per heavy atom.